The minimum Gasteiger partial charge on any atom is -0.496 e. The van der Waals surface area contributed by atoms with E-state index in [1.165, 1.54) is 0 Å². The number of nitrogen functional groups attached to an aromatic ring is 1. The first-order valence-electron chi connectivity index (χ1n) is 5.25. The Labute approximate surface area is 99.7 Å². The average Bonchev–Trinajstić information content (AvgIpc) is 2.39. The van der Waals surface area contributed by atoms with Gasteiger partial charge in [-0.05, 0) is 18.2 Å². The smallest absolute Gasteiger partial charge is 0.127 e. The van der Waals surface area contributed by atoms with Crippen LogP contribution in [0, 0.1) is 0 Å². The van der Waals surface area contributed by atoms with Crippen LogP contribution in [-0.4, -0.2) is 17.2 Å². The third-order valence-electron chi connectivity index (χ3n) is 2.52. The maximum absolute atomic E-state index is 10.2. The molecule has 2 aromatic rings. The Balaban J connectivity index is 2.40. The number of methoxy groups -OCH3 is 1. The second-order valence-electron chi connectivity index (χ2n) is 3.66. The largest absolute Gasteiger partial charge is 0.496 e. The first kappa shape index (κ1) is 11.4. The monoisotopic (exact) mass is 230 g/mol. The van der Waals surface area contributed by atoms with Crippen LogP contribution in [0.1, 0.15) is 17.4 Å². The normalized spacial score (nSPS) is 12.1. The van der Waals surface area contributed by atoms with Gasteiger partial charge in [0.2, 0.25) is 0 Å². The first-order valence-corrected chi connectivity index (χ1v) is 5.25. The molecule has 0 bridgehead atoms. The molecule has 1 heterocycles. The summed E-state index contributed by atoms with van der Waals surface area (Å²) in [4.78, 5) is 4.12. The Bertz CT molecular complexity index is 500. The summed E-state index contributed by atoms with van der Waals surface area (Å²) < 4.78 is 5.20. The highest BCUT2D eigenvalue weighted by molar-refractivity contribution is 5.50. The van der Waals surface area contributed by atoms with Gasteiger partial charge in [0, 0.05) is 23.5 Å². The molecule has 1 aromatic carbocycles. The molecule has 88 valence electrons. The van der Waals surface area contributed by atoms with Crippen LogP contribution in [-0.2, 0) is 0 Å². The van der Waals surface area contributed by atoms with E-state index in [0.29, 0.717) is 22.7 Å². The van der Waals surface area contributed by atoms with E-state index in [2.05, 4.69) is 4.98 Å². The summed E-state index contributed by atoms with van der Waals surface area (Å²) in [6, 6.07) is 10.5. The Hall–Kier alpha value is -2.07. The molecule has 1 atom stereocenters. The number of ether oxygens (including phenoxy) is 1. The first-order chi connectivity index (χ1) is 8.22. The predicted octanol–water partition coefficient (Wildman–Crippen LogP) is 1.75. The summed E-state index contributed by atoms with van der Waals surface area (Å²) in [5, 5.41) is 10.2. The van der Waals surface area contributed by atoms with Crippen LogP contribution in [0.15, 0.2) is 42.6 Å². The molecule has 4 heteroatoms. The van der Waals surface area contributed by atoms with Gasteiger partial charge in [-0.3, -0.25) is 4.98 Å². The van der Waals surface area contributed by atoms with E-state index in [1.54, 1.807) is 43.6 Å². The summed E-state index contributed by atoms with van der Waals surface area (Å²) in [5.74, 6) is 0.558. The van der Waals surface area contributed by atoms with Crippen LogP contribution >= 0.6 is 0 Å². The number of aliphatic hydroxyl groups excluding tert-OH is 1. The van der Waals surface area contributed by atoms with Crippen LogP contribution in [0.25, 0.3) is 0 Å². The molecule has 0 aliphatic heterocycles. The number of rotatable bonds is 3. The number of aromatic nitrogens is 1. The van der Waals surface area contributed by atoms with E-state index < -0.39 is 6.10 Å². The topological polar surface area (TPSA) is 68.4 Å². The second kappa shape index (κ2) is 4.84. The van der Waals surface area contributed by atoms with Gasteiger partial charge in [-0.1, -0.05) is 12.1 Å². The molecule has 4 nitrogen and oxygen atoms in total. The number of nitrogens with two attached hydrogens (primary N) is 1. The van der Waals surface area contributed by atoms with Gasteiger partial charge < -0.3 is 15.6 Å². The summed E-state index contributed by atoms with van der Waals surface area (Å²) in [5.41, 5.74) is 7.49. The zero-order chi connectivity index (χ0) is 12.3. The van der Waals surface area contributed by atoms with Crippen molar-refractivity contribution < 1.29 is 9.84 Å². The van der Waals surface area contributed by atoms with Gasteiger partial charge in [0.05, 0.1) is 12.8 Å². The van der Waals surface area contributed by atoms with Crippen molar-refractivity contribution >= 4 is 5.69 Å². The molecule has 0 amide bonds. The van der Waals surface area contributed by atoms with Crippen molar-refractivity contribution in [3.63, 3.8) is 0 Å². The number of anilines is 1. The Morgan fingerprint density at radius 1 is 1.29 bits per heavy atom. The molecule has 3 N–H and O–H groups in total. The minimum atomic E-state index is -0.813. The Morgan fingerprint density at radius 3 is 2.76 bits per heavy atom. The lowest BCUT2D eigenvalue weighted by Gasteiger charge is -2.14. The van der Waals surface area contributed by atoms with Gasteiger partial charge in [-0.2, -0.15) is 0 Å². The van der Waals surface area contributed by atoms with Gasteiger partial charge in [-0.15, -0.1) is 0 Å². The molecule has 0 fully saturated rings. The van der Waals surface area contributed by atoms with Crippen molar-refractivity contribution in [1.82, 2.24) is 4.98 Å². The molecule has 0 aliphatic carbocycles. The summed E-state index contributed by atoms with van der Waals surface area (Å²) in [7, 11) is 1.55. The highest BCUT2D eigenvalue weighted by Crippen LogP contribution is 2.30. The Morgan fingerprint density at radius 2 is 2.12 bits per heavy atom. The van der Waals surface area contributed by atoms with Crippen molar-refractivity contribution in [2.75, 3.05) is 12.8 Å². The molecular weight excluding hydrogens is 216 g/mol. The highest BCUT2D eigenvalue weighted by Gasteiger charge is 2.16. The number of benzene rings is 1. The van der Waals surface area contributed by atoms with E-state index >= 15 is 0 Å². The zero-order valence-corrected chi connectivity index (χ0v) is 9.50. The zero-order valence-electron chi connectivity index (χ0n) is 9.50. The van der Waals surface area contributed by atoms with Crippen LogP contribution < -0.4 is 10.5 Å². The average molecular weight is 230 g/mol. The third kappa shape index (κ3) is 2.37. The van der Waals surface area contributed by atoms with E-state index in [-0.39, 0.29) is 0 Å². The van der Waals surface area contributed by atoms with Gasteiger partial charge in [-0.25, -0.2) is 0 Å². The number of aliphatic hydroxyl groups is 1. The van der Waals surface area contributed by atoms with Crippen molar-refractivity contribution in [2.45, 2.75) is 6.10 Å². The molecule has 1 unspecified atom stereocenters. The second-order valence-corrected chi connectivity index (χ2v) is 3.66. The van der Waals surface area contributed by atoms with Crippen LogP contribution in [0.4, 0.5) is 5.69 Å². The lowest BCUT2D eigenvalue weighted by Crippen LogP contribution is -2.04. The number of hydrogen-bond acceptors (Lipinski definition) is 4. The van der Waals surface area contributed by atoms with Crippen molar-refractivity contribution in [3.8, 4) is 5.75 Å². The quantitative estimate of drug-likeness (QED) is 0.788. The van der Waals surface area contributed by atoms with Crippen molar-refractivity contribution in [2.24, 2.45) is 0 Å². The van der Waals surface area contributed by atoms with E-state index in [9.17, 15) is 5.11 Å². The maximum atomic E-state index is 10.2. The molecule has 17 heavy (non-hydrogen) atoms. The maximum Gasteiger partial charge on any atom is 0.127 e. The molecule has 1 aromatic heterocycles. The molecule has 0 aliphatic rings. The molecular formula is C13H14N2O2. The van der Waals surface area contributed by atoms with Gasteiger partial charge in [0.15, 0.2) is 0 Å². The molecule has 0 saturated carbocycles. The minimum absolute atomic E-state index is 0.558. The van der Waals surface area contributed by atoms with Gasteiger partial charge in [0.25, 0.3) is 0 Å². The number of nitrogens with zero attached hydrogens (tertiary/aromatic N) is 1. The number of pyridine rings is 1. The fourth-order valence-corrected chi connectivity index (χ4v) is 1.65. The fraction of sp³-hybridized carbons (Fsp3) is 0.154. The van der Waals surface area contributed by atoms with Crippen molar-refractivity contribution in [3.05, 3.63) is 53.9 Å². The van der Waals surface area contributed by atoms with E-state index in [0.717, 1.165) is 0 Å². The fourth-order valence-electron chi connectivity index (χ4n) is 1.65. The predicted molar refractivity (Wildman–Crippen MR) is 65.7 cm³/mol. The Kier molecular flexibility index (Phi) is 3.25. The van der Waals surface area contributed by atoms with Crippen LogP contribution in [0.3, 0.4) is 0 Å². The molecule has 0 radical (unpaired) electrons. The molecule has 2 rings (SSSR count). The highest BCUT2D eigenvalue weighted by atomic mass is 16.5. The standard InChI is InChI=1S/C13H14N2O2/c1-17-12-8-9(14)5-6-10(12)13(16)11-4-2-3-7-15-11/h2-8,13,16H,14H2,1H3. The molecule has 0 spiro atoms. The van der Waals surface area contributed by atoms with Crippen molar-refractivity contribution in [1.29, 1.82) is 0 Å². The van der Waals surface area contributed by atoms with E-state index in [4.69, 9.17) is 10.5 Å². The van der Waals surface area contributed by atoms with Gasteiger partial charge in [0.1, 0.15) is 11.9 Å². The summed E-state index contributed by atoms with van der Waals surface area (Å²) in [6.07, 6.45) is 0.828. The summed E-state index contributed by atoms with van der Waals surface area (Å²) >= 11 is 0. The van der Waals surface area contributed by atoms with E-state index in [1.807, 2.05) is 6.07 Å². The number of hydrogen-bond donors (Lipinski definition) is 2. The summed E-state index contributed by atoms with van der Waals surface area (Å²) in [6.45, 7) is 0. The lowest BCUT2D eigenvalue weighted by molar-refractivity contribution is 0.210. The SMILES string of the molecule is COc1cc(N)ccc1C(O)c1ccccn1. The van der Waals surface area contributed by atoms with Crippen LogP contribution in [0.5, 0.6) is 5.75 Å². The molecule has 0 saturated heterocycles. The van der Waals surface area contributed by atoms with Gasteiger partial charge >= 0.3 is 0 Å². The van der Waals surface area contributed by atoms with Crippen LogP contribution in [0.2, 0.25) is 0 Å². The third-order valence-corrected chi connectivity index (χ3v) is 2.52. The lowest BCUT2D eigenvalue weighted by atomic mass is 10.0.